The van der Waals surface area contributed by atoms with Crippen molar-refractivity contribution >= 4 is 0 Å². The van der Waals surface area contributed by atoms with Gasteiger partial charge in [0.1, 0.15) is 0 Å². The van der Waals surface area contributed by atoms with Gasteiger partial charge < -0.3 is 10.6 Å². The van der Waals surface area contributed by atoms with Gasteiger partial charge in [-0.3, -0.25) is 0 Å². The van der Waals surface area contributed by atoms with Gasteiger partial charge in [-0.15, -0.1) is 0 Å². The fourth-order valence-electron chi connectivity index (χ4n) is 3.67. The van der Waals surface area contributed by atoms with Crippen molar-refractivity contribution in [3.8, 4) is 0 Å². The zero-order valence-electron chi connectivity index (χ0n) is 13.2. The van der Waals surface area contributed by atoms with Crippen LogP contribution in [-0.2, 0) is 0 Å². The van der Waals surface area contributed by atoms with Crippen molar-refractivity contribution in [3.63, 3.8) is 0 Å². The average molecular weight is 272 g/mol. The Bertz CT molecular complexity index is 452. The molecular weight excluding hydrogens is 244 g/mol. The molecule has 3 atom stereocenters. The Kier molecular flexibility index (Phi) is 3.87. The number of benzene rings is 1. The van der Waals surface area contributed by atoms with Gasteiger partial charge in [0.15, 0.2) is 0 Å². The molecule has 2 nitrogen and oxygen atoms in total. The van der Waals surface area contributed by atoms with Crippen molar-refractivity contribution in [2.24, 2.45) is 0 Å². The van der Waals surface area contributed by atoms with Gasteiger partial charge >= 0.3 is 0 Å². The van der Waals surface area contributed by atoms with Crippen LogP contribution in [0, 0.1) is 0 Å². The molecule has 0 saturated carbocycles. The largest absolute Gasteiger partial charge is 0.314 e. The second-order valence-corrected chi connectivity index (χ2v) is 7.21. The molecule has 20 heavy (non-hydrogen) atoms. The molecule has 1 aromatic rings. The average Bonchev–Trinajstić information content (AvgIpc) is 2.72. The van der Waals surface area contributed by atoms with Crippen molar-refractivity contribution in [3.05, 3.63) is 34.9 Å². The van der Waals surface area contributed by atoms with E-state index in [1.807, 2.05) is 0 Å². The first kappa shape index (κ1) is 14.1. The third-order valence-corrected chi connectivity index (χ3v) is 4.99. The van der Waals surface area contributed by atoms with Gasteiger partial charge in [-0.05, 0) is 34.9 Å². The van der Waals surface area contributed by atoms with Crippen LogP contribution in [0.25, 0.3) is 0 Å². The summed E-state index contributed by atoms with van der Waals surface area (Å²) in [4.78, 5) is 0. The molecule has 2 N–H and O–H groups in total. The molecule has 0 aliphatic carbocycles. The standard InChI is InChI=1S/C18H28N2/c1-11(2)13-5-14(12(3)4)7-15(6-13)17-8-16-9-19-10-18(17)20-16/h5-7,11-12,16-20H,8-10H2,1-4H3/t16-,17?,18-/m0/s1. The Morgan fingerprint density at radius 2 is 1.60 bits per heavy atom. The molecule has 0 amide bonds. The molecule has 2 heteroatoms. The zero-order valence-corrected chi connectivity index (χ0v) is 13.2. The summed E-state index contributed by atoms with van der Waals surface area (Å²) in [6.07, 6.45) is 1.29. The first-order valence-electron chi connectivity index (χ1n) is 8.16. The second-order valence-electron chi connectivity index (χ2n) is 7.21. The van der Waals surface area contributed by atoms with Gasteiger partial charge in [0.2, 0.25) is 0 Å². The predicted octanol–water partition coefficient (Wildman–Crippen LogP) is 3.35. The summed E-state index contributed by atoms with van der Waals surface area (Å²) in [7, 11) is 0. The summed E-state index contributed by atoms with van der Waals surface area (Å²) in [5.74, 6) is 1.91. The van der Waals surface area contributed by atoms with Crippen LogP contribution in [0.1, 0.15) is 68.6 Å². The molecule has 110 valence electrons. The Hall–Kier alpha value is -0.860. The van der Waals surface area contributed by atoms with Gasteiger partial charge in [0, 0.05) is 31.1 Å². The molecule has 0 radical (unpaired) electrons. The maximum atomic E-state index is 3.77. The monoisotopic (exact) mass is 272 g/mol. The lowest BCUT2D eigenvalue weighted by molar-refractivity contribution is 0.415. The minimum absolute atomic E-state index is 0.610. The van der Waals surface area contributed by atoms with E-state index in [2.05, 4.69) is 56.5 Å². The normalized spacial score (nSPS) is 29.4. The summed E-state index contributed by atoms with van der Waals surface area (Å²) in [6.45, 7) is 11.5. The third-order valence-electron chi connectivity index (χ3n) is 4.99. The molecule has 0 aromatic heterocycles. The van der Waals surface area contributed by atoms with Crippen molar-refractivity contribution in [2.75, 3.05) is 13.1 Å². The highest BCUT2D eigenvalue weighted by molar-refractivity contribution is 5.37. The Morgan fingerprint density at radius 1 is 0.950 bits per heavy atom. The van der Waals surface area contributed by atoms with E-state index in [1.165, 1.54) is 17.5 Å². The maximum Gasteiger partial charge on any atom is 0.0264 e. The van der Waals surface area contributed by atoms with Crippen molar-refractivity contribution in [1.29, 1.82) is 0 Å². The number of rotatable bonds is 3. The van der Waals surface area contributed by atoms with Gasteiger partial charge in [0.05, 0.1) is 0 Å². The maximum absolute atomic E-state index is 3.77. The van der Waals surface area contributed by atoms with Gasteiger partial charge in [-0.1, -0.05) is 45.9 Å². The van der Waals surface area contributed by atoms with Crippen LogP contribution in [-0.4, -0.2) is 25.2 Å². The molecule has 2 heterocycles. The van der Waals surface area contributed by atoms with Gasteiger partial charge in [-0.2, -0.15) is 0 Å². The smallest absolute Gasteiger partial charge is 0.0264 e. The Labute approximate surface area is 123 Å². The molecule has 1 aromatic carbocycles. The van der Waals surface area contributed by atoms with E-state index in [0.717, 1.165) is 13.1 Å². The number of hydrogen-bond donors (Lipinski definition) is 2. The number of fused-ring (bicyclic) bond motifs is 2. The molecule has 2 fully saturated rings. The van der Waals surface area contributed by atoms with Gasteiger partial charge in [0.25, 0.3) is 0 Å². The summed E-state index contributed by atoms with van der Waals surface area (Å²) < 4.78 is 0. The molecule has 3 rings (SSSR count). The van der Waals surface area contributed by atoms with Gasteiger partial charge in [-0.25, -0.2) is 0 Å². The Balaban J connectivity index is 1.96. The molecule has 2 bridgehead atoms. The predicted molar refractivity (Wildman–Crippen MR) is 85.6 cm³/mol. The third kappa shape index (κ3) is 2.64. The van der Waals surface area contributed by atoms with Crippen LogP contribution in [0.3, 0.4) is 0 Å². The number of hydrogen-bond acceptors (Lipinski definition) is 2. The minimum atomic E-state index is 0.610. The highest BCUT2D eigenvalue weighted by Gasteiger charge is 2.37. The number of piperazine rings is 1. The topological polar surface area (TPSA) is 24.1 Å². The minimum Gasteiger partial charge on any atom is -0.314 e. The lowest BCUT2D eigenvalue weighted by Crippen LogP contribution is -2.49. The molecular formula is C18H28N2. The summed E-state index contributed by atoms with van der Waals surface area (Å²) in [5, 5.41) is 7.33. The lowest BCUT2D eigenvalue weighted by atomic mass is 9.85. The van der Waals surface area contributed by atoms with E-state index in [1.54, 1.807) is 5.56 Å². The summed E-state index contributed by atoms with van der Waals surface area (Å²) >= 11 is 0. The second kappa shape index (κ2) is 5.50. The van der Waals surface area contributed by atoms with E-state index in [0.29, 0.717) is 29.8 Å². The highest BCUT2D eigenvalue weighted by Crippen LogP contribution is 2.35. The van der Waals surface area contributed by atoms with E-state index < -0.39 is 0 Å². The first-order chi connectivity index (χ1) is 9.54. The molecule has 1 unspecified atom stereocenters. The fraction of sp³-hybridized carbons (Fsp3) is 0.667. The quantitative estimate of drug-likeness (QED) is 0.882. The Morgan fingerprint density at radius 3 is 2.15 bits per heavy atom. The van der Waals surface area contributed by atoms with Crippen LogP contribution in [0.4, 0.5) is 0 Å². The summed E-state index contributed by atoms with van der Waals surface area (Å²) in [6, 6.07) is 8.62. The molecule has 0 spiro atoms. The number of nitrogens with one attached hydrogen (secondary N) is 2. The fourth-order valence-corrected chi connectivity index (χ4v) is 3.67. The summed E-state index contributed by atoms with van der Waals surface area (Å²) in [5.41, 5.74) is 4.56. The van der Waals surface area contributed by atoms with Crippen LogP contribution in [0.2, 0.25) is 0 Å². The lowest BCUT2D eigenvalue weighted by Gasteiger charge is -2.25. The van der Waals surface area contributed by atoms with E-state index in [-0.39, 0.29) is 0 Å². The zero-order chi connectivity index (χ0) is 14.3. The molecule has 2 aliphatic rings. The van der Waals surface area contributed by atoms with Crippen molar-refractivity contribution in [1.82, 2.24) is 10.6 Å². The van der Waals surface area contributed by atoms with E-state index in [9.17, 15) is 0 Å². The van der Waals surface area contributed by atoms with Crippen LogP contribution < -0.4 is 10.6 Å². The molecule has 2 aliphatic heterocycles. The van der Waals surface area contributed by atoms with Crippen LogP contribution >= 0.6 is 0 Å². The van der Waals surface area contributed by atoms with Crippen molar-refractivity contribution in [2.45, 2.75) is 64.0 Å². The SMILES string of the molecule is CC(C)c1cc(C(C)C)cc(C2C[C@H]3CNC[C@@H]2N3)c1. The first-order valence-corrected chi connectivity index (χ1v) is 8.16. The highest BCUT2D eigenvalue weighted by atomic mass is 15.1. The van der Waals surface area contributed by atoms with E-state index in [4.69, 9.17) is 0 Å². The van der Waals surface area contributed by atoms with Crippen LogP contribution in [0.5, 0.6) is 0 Å². The molecule has 2 saturated heterocycles. The van der Waals surface area contributed by atoms with E-state index >= 15 is 0 Å². The van der Waals surface area contributed by atoms with Crippen LogP contribution in [0.15, 0.2) is 18.2 Å². The van der Waals surface area contributed by atoms with Crippen molar-refractivity contribution < 1.29 is 0 Å².